The van der Waals surface area contributed by atoms with Gasteiger partial charge in [-0.1, -0.05) is 44.2 Å². The van der Waals surface area contributed by atoms with Crippen LogP contribution >= 0.6 is 11.3 Å². The van der Waals surface area contributed by atoms with Crippen LogP contribution in [0.3, 0.4) is 0 Å². The van der Waals surface area contributed by atoms with Gasteiger partial charge in [0.1, 0.15) is 23.5 Å². The van der Waals surface area contributed by atoms with Crippen molar-refractivity contribution < 1.29 is 4.74 Å². The lowest BCUT2D eigenvalue weighted by molar-refractivity contribution is 0.306. The zero-order valence-electron chi connectivity index (χ0n) is 16.2. The number of hydrogen-bond acceptors (Lipinski definition) is 5. The third kappa shape index (κ3) is 3.47. The summed E-state index contributed by atoms with van der Waals surface area (Å²) in [5.41, 5.74) is 4.19. The Labute approximate surface area is 172 Å². The average Bonchev–Trinajstić information content (AvgIpc) is 3.39. The minimum Gasteiger partial charge on any atom is -0.489 e. The summed E-state index contributed by atoms with van der Waals surface area (Å²) >= 11 is 1.61. The number of rotatable bonds is 5. The van der Waals surface area contributed by atoms with Crippen molar-refractivity contribution in [2.75, 3.05) is 0 Å². The molecule has 144 valence electrons. The highest BCUT2D eigenvalue weighted by Gasteiger charge is 2.11. The van der Waals surface area contributed by atoms with E-state index >= 15 is 0 Å². The van der Waals surface area contributed by atoms with Crippen LogP contribution in [0.4, 0.5) is 0 Å². The third-order valence-electron chi connectivity index (χ3n) is 4.94. The first-order valence-corrected chi connectivity index (χ1v) is 10.5. The van der Waals surface area contributed by atoms with Gasteiger partial charge in [0.05, 0.1) is 5.39 Å². The topological polar surface area (TPSA) is 52.3 Å². The maximum atomic E-state index is 5.97. The normalized spacial score (nSPS) is 11.6. The molecule has 3 aromatic heterocycles. The van der Waals surface area contributed by atoms with Crippen molar-refractivity contribution in [3.63, 3.8) is 0 Å². The number of fused-ring (bicyclic) bond motifs is 3. The fourth-order valence-electron chi connectivity index (χ4n) is 3.30. The van der Waals surface area contributed by atoms with E-state index in [0.29, 0.717) is 18.3 Å². The smallest absolute Gasteiger partial charge is 0.182 e. The second kappa shape index (κ2) is 7.29. The summed E-state index contributed by atoms with van der Waals surface area (Å²) in [5.74, 6) is 2.08. The van der Waals surface area contributed by atoms with Crippen LogP contribution in [0.25, 0.3) is 27.3 Å². The van der Waals surface area contributed by atoms with E-state index in [2.05, 4.69) is 48.2 Å². The molecule has 0 radical (unpaired) electrons. The van der Waals surface area contributed by atoms with Crippen molar-refractivity contribution in [3.8, 4) is 17.1 Å². The second-order valence-corrected chi connectivity index (χ2v) is 8.19. The number of ether oxygens (including phenoxy) is 1. The molecule has 0 saturated carbocycles. The van der Waals surface area contributed by atoms with Crippen LogP contribution in [0.1, 0.15) is 30.9 Å². The summed E-state index contributed by atoms with van der Waals surface area (Å²) in [5, 5.41) is 7.66. The van der Waals surface area contributed by atoms with E-state index in [-0.39, 0.29) is 0 Å². The lowest BCUT2D eigenvalue weighted by Crippen LogP contribution is -1.96. The van der Waals surface area contributed by atoms with Gasteiger partial charge < -0.3 is 4.74 Å². The fourth-order valence-corrected chi connectivity index (χ4v) is 4.03. The van der Waals surface area contributed by atoms with E-state index in [0.717, 1.165) is 32.7 Å². The molecule has 0 aliphatic heterocycles. The number of aromatic nitrogens is 4. The van der Waals surface area contributed by atoms with Gasteiger partial charge in [0, 0.05) is 5.56 Å². The maximum absolute atomic E-state index is 5.97. The van der Waals surface area contributed by atoms with Crippen LogP contribution in [-0.2, 0) is 6.61 Å². The Morgan fingerprint density at radius 1 is 1.07 bits per heavy atom. The summed E-state index contributed by atoms with van der Waals surface area (Å²) in [6, 6.07) is 18.5. The van der Waals surface area contributed by atoms with Gasteiger partial charge in [0.2, 0.25) is 0 Å². The molecule has 0 aliphatic rings. The van der Waals surface area contributed by atoms with E-state index in [1.807, 2.05) is 35.7 Å². The van der Waals surface area contributed by atoms with Crippen molar-refractivity contribution in [1.82, 2.24) is 19.6 Å². The highest BCUT2D eigenvalue weighted by atomic mass is 32.1. The van der Waals surface area contributed by atoms with Crippen molar-refractivity contribution in [2.45, 2.75) is 26.4 Å². The molecule has 0 unspecified atom stereocenters. The Morgan fingerprint density at radius 2 is 1.93 bits per heavy atom. The molecule has 5 aromatic rings. The molecule has 2 aromatic carbocycles. The fraction of sp³-hybridized carbons (Fsp3) is 0.174. The third-order valence-corrected chi connectivity index (χ3v) is 5.76. The summed E-state index contributed by atoms with van der Waals surface area (Å²) in [7, 11) is 0. The molecule has 0 N–H and O–H groups in total. The number of thiophene rings is 1. The highest BCUT2D eigenvalue weighted by Crippen LogP contribution is 2.25. The van der Waals surface area contributed by atoms with Crippen molar-refractivity contribution in [2.24, 2.45) is 0 Å². The molecule has 0 amide bonds. The molecule has 0 aliphatic carbocycles. The molecule has 0 fully saturated rings. The van der Waals surface area contributed by atoms with Gasteiger partial charge in [0.15, 0.2) is 11.5 Å². The van der Waals surface area contributed by atoms with E-state index < -0.39 is 0 Å². The van der Waals surface area contributed by atoms with Crippen LogP contribution in [0.15, 0.2) is 66.3 Å². The van der Waals surface area contributed by atoms with Gasteiger partial charge >= 0.3 is 0 Å². The molecule has 5 nitrogen and oxygen atoms in total. The van der Waals surface area contributed by atoms with Gasteiger partial charge in [-0.15, -0.1) is 16.4 Å². The van der Waals surface area contributed by atoms with Gasteiger partial charge in [-0.25, -0.2) is 14.5 Å². The molecule has 0 saturated heterocycles. The molecule has 6 heteroatoms. The number of benzene rings is 2. The summed E-state index contributed by atoms with van der Waals surface area (Å²) in [6.07, 6.45) is 1.72. The minimum absolute atomic E-state index is 0.499. The number of nitrogens with zero attached hydrogens (tertiary/aromatic N) is 4. The minimum atomic E-state index is 0.499. The number of hydrogen-bond donors (Lipinski definition) is 0. The van der Waals surface area contributed by atoms with Crippen molar-refractivity contribution >= 4 is 27.2 Å². The monoisotopic (exact) mass is 400 g/mol. The molecule has 29 heavy (non-hydrogen) atoms. The quantitative estimate of drug-likeness (QED) is 0.379. The average molecular weight is 401 g/mol. The Kier molecular flexibility index (Phi) is 4.48. The molecule has 0 spiro atoms. The first kappa shape index (κ1) is 17.8. The predicted molar refractivity (Wildman–Crippen MR) is 116 cm³/mol. The molecule has 0 atom stereocenters. The lowest BCUT2D eigenvalue weighted by Gasteiger charge is -2.09. The lowest BCUT2D eigenvalue weighted by atomic mass is 10.0. The molecule has 5 rings (SSSR count). The van der Waals surface area contributed by atoms with Crippen LogP contribution in [0, 0.1) is 0 Å². The summed E-state index contributed by atoms with van der Waals surface area (Å²) < 4.78 is 7.71. The standard InChI is InChI=1S/C23H20N4OS/c1-15(2)17-6-8-19(9-7-17)28-13-16-4-3-5-18(12-16)21-25-22-20-10-11-29-23(20)24-14-27(22)26-21/h3-12,14-15H,13H2,1-2H3. The largest absolute Gasteiger partial charge is 0.489 e. The van der Waals surface area contributed by atoms with Crippen LogP contribution < -0.4 is 4.74 Å². The van der Waals surface area contributed by atoms with Crippen molar-refractivity contribution in [3.05, 3.63) is 77.4 Å². The first-order valence-electron chi connectivity index (χ1n) is 9.58. The Bertz CT molecular complexity index is 1290. The van der Waals surface area contributed by atoms with Gasteiger partial charge in [-0.05, 0) is 46.7 Å². The van der Waals surface area contributed by atoms with E-state index in [4.69, 9.17) is 9.72 Å². The molecular weight excluding hydrogens is 380 g/mol. The van der Waals surface area contributed by atoms with Gasteiger partial charge in [-0.2, -0.15) is 0 Å². The van der Waals surface area contributed by atoms with Crippen LogP contribution in [0.2, 0.25) is 0 Å². The second-order valence-electron chi connectivity index (χ2n) is 7.30. The van der Waals surface area contributed by atoms with E-state index in [1.165, 1.54) is 5.56 Å². The molecule has 0 bridgehead atoms. The summed E-state index contributed by atoms with van der Waals surface area (Å²) in [4.78, 5) is 10.2. The zero-order chi connectivity index (χ0) is 19.8. The van der Waals surface area contributed by atoms with E-state index in [1.54, 1.807) is 22.2 Å². The highest BCUT2D eigenvalue weighted by molar-refractivity contribution is 7.16. The Hall–Kier alpha value is -3.25. The van der Waals surface area contributed by atoms with Gasteiger partial charge in [0.25, 0.3) is 0 Å². The zero-order valence-corrected chi connectivity index (χ0v) is 17.1. The SMILES string of the molecule is CC(C)c1ccc(OCc2cccc(-c3nc4c5ccsc5ncn4n3)c2)cc1. The Morgan fingerprint density at radius 3 is 2.76 bits per heavy atom. The van der Waals surface area contributed by atoms with Crippen LogP contribution in [0.5, 0.6) is 5.75 Å². The van der Waals surface area contributed by atoms with Gasteiger partial charge in [-0.3, -0.25) is 0 Å². The maximum Gasteiger partial charge on any atom is 0.182 e. The Balaban J connectivity index is 1.38. The predicted octanol–water partition coefficient (Wildman–Crippen LogP) is 5.71. The molecule has 3 heterocycles. The first-order chi connectivity index (χ1) is 14.2. The summed E-state index contributed by atoms with van der Waals surface area (Å²) in [6.45, 7) is 4.88. The van der Waals surface area contributed by atoms with E-state index in [9.17, 15) is 0 Å². The van der Waals surface area contributed by atoms with Crippen LogP contribution in [-0.4, -0.2) is 19.6 Å². The van der Waals surface area contributed by atoms with Crippen molar-refractivity contribution in [1.29, 1.82) is 0 Å². The molecular formula is C23H20N4OS.